The number of benzene rings is 1. The predicted molar refractivity (Wildman–Crippen MR) is 72.7 cm³/mol. The Labute approximate surface area is 109 Å². The second-order valence-corrected chi connectivity index (χ2v) is 5.64. The lowest BCUT2D eigenvalue weighted by Crippen LogP contribution is -2.37. The van der Waals surface area contributed by atoms with Crippen LogP contribution in [-0.2, 0) is 11.2 Å². The molecule has 0 saturated carbocycles. The van der Waals surface area contributed by atoms with E-state index in [9.17, 15) is 4.79 Å². The molecule has 1 aliphatic heterocycles. The molecule has 2 heteroatoms. The van der Waals surface area contributed by atoms with Crippen LogP contribution < -0.4 is 5.32 Å². The molecule has 0 radical (unpaired) electrons. The van der Waals surface area contributed by atoms with Crippen LogP contribution in [0.3, 0.4) is 0 Å². The molecule has 1 aromatic rings. The first-order chi connectivity index (χ1) is 8.84. The van der Waals surface area contributed by atoms with Crippen LogP contribution in [0.1, 0.15) is 42.7 Å². The molecule has 96 valence electrons. The summed E-state index contributed by atoms with van der Waals surface area (Å²) in [6.45, 7) is 1.76. The average Bonchev–Trinajstić information content (AvgIpc) is 2.42. The highest BCUT2D eigenvalue weighted by molar-refractivity contribution is 5.82. The average molecular weight is 243 g/mol. The third kappa shape index (κ3) is 2.35. The van der Waals surface area contributed by atoms with Gasteiger partial charge in [0.2, 0.25) is 0 Å². The van der Waals surface area contributed by atoms with Gasteiger partial charge in [0.15, 0.2) is 0 Å². The molecule has 1 fully saturated rings. The predicted octanol–water partition coefficient (Wildman–Crippen LogP) is 2.68. The topological polar surface area (TPSA) is 29.1 Å². The van der Waals surface area contributed by atoms with Gasteiger partial charge in [0.25, 0.3) is 0 Å². The maximum Gasteiger partial charge on any atom is 0.138 e. The van der Waals surface area contributed by atoms with E-state index in [0.29, 0.717) is 11.7 Å². The van der Waals surface area contributed by atoms with Gasteiger partial charge >= 0.3 is 0 Å². The first kappa shape index (κ1) is 11.9. The van der Waals surface area contributed by atoms with Gasteiger partial charge in [0.1, 0.15) is 5.78 Å². The zero-order valence-electron chi connectivity index (χ0n) is 10.8. The first-order valence-corrected chi connectivity index (χ1v) is 7.16. The van der Waals surface area contributed by atoms with Crippen LogP contribution in [0.15, 0.2) is 24.3 Å². The number of ketones is 1. The van der Waals surface area contributed by atoms with Crippen molar-refractivity contribution in [3.05, 3.63) is 35.4 Å². The van der Waals surface area contributed by atoms with E-state index in [1.807, 2.05) is 0 Å². The van der Waals surface area contributed by atoms with Gasteiger partial charge in [-0.05, 0) is 42.7 Å². The molecule has 2 unspecified atom stereocenters. The Morgan fingerprint density at radius 3 is 2.94 bits per heavy atom. The summed E-state index contributed by atoms with van der Waals surface area (Å²) < 4.78 is 0. The van der Waals surface area contributed by atoms with Crippen molar-refractivity contribution in [1.29, 1.82) is 0 Å². The number of hydrogen-bond acceptors (Lipinski definition) is 2. The van der Waals surface area contributed by atoms with Crippen molar-refractivity contribution < 1.29 is 4.79 Å². The number of Topliss-reactive ketones (excluding diaryl/α,β-unsaturated/α-hetero) is 1. The molecule has 0 amide bonds. The summed E-state index contributed by atoms with van der Waals surface area (Å²) in [5, 5.41) is 3.36. The van der Waals surface area contributed by atoms with E-state index in [4.69, 9.17) is 0 Å². The molecule has 1 heterocycles. The van der Waals surface area contributed by atoms with Gasteiger partial charge in [-0.15, -0.1) is 0 Å². The Kier molecular flexibility index (Phi) is 3.46. The molecule has 1 saturated heterocycles. The number of carbonyl (C=O) groups is 1. The van der Waals surface area contributed by atoms with E-state index in [2.05, 4.69) is 29.6 Å². The monoisotopic (exact) mass is 243 g/mol. The van der Waals surface area contributed by atoms with Gasteiger partial charge in [-0.3, -0.25) is 4.79 Å². The number of aryl methyl sites for hydroxylation is 1. The smallest absolute Gasteiger partial charge is 0.138 e. The van der Waals surface area contributed by atoms with E-state index in [-0.39, 0.29) is 5.92 Å². The molecule has 1 aliphatic carbocycles. The minimum absolute atomic E-state index is 0.245. The third-order valence-corrected chi connectivity index (χ3v) is 4.46. The number of carbonyl (C=O) groups excluding carboxylic acids is 1. The van der Waals surface area contributed by atoms with Crippen LogP contribution in [0.25, 0.3) is 0 Å². The van der Waals surface area contributed by atoms with E-state index < -0.39 is 0 Å². The fraction of sp³-hybridized carbons (Fsp3) is 0.562. The standard InChI is InChI=1S/C16H21NO/c18-16-8-9-17-11-14(16)10-13-6-3-5-12-4-1-2-7-15(12)13/h1-2,4,7,13-14,17H,3,5-6,8-11H2. The summed E-state index contributed by atoms with van der Waals surface area (Å²) in [6.07, 6.45) is 5.50. The second kappa shape index (κ2) is 5.23. The molecule has 2 atom stereocenters. The summed E-state index contributed by atoms with van der Waals surface area (Å²) in [5.74, 6) is 1.32. The van der Waals surface area contributed by atoms with Crippen molar-refractivity contribution in [2.45, 2.75) is 38.0 Å². The van der Waals surface area contributed by atoms with E-state index in [1.165, 1.54) is 30.4 Å². The number of hydrogen-bond donors (Lipinski definition) is 1. The zero-order valence-corrected chi connectivity index (χ0v) is 10.8. The van der Waals surface area contributed by atoms with Crippen molar-refractivity contribution in [2.24, 2.45) is 5.92 Å². The van der Waals surface area contributed by atoms with Crippen LogP contribution in [-0.4, -0.2) is 18.9 Å². The van der Waals surface area contributed by atoms with Gasteiger partial charge in [-0.2, -0.15) is 0 Å². The van der Waals surface area contributed by atoms with Gasteiger partial charge in [-0.1, -0.05) is 24.3 Å². The van der Waals surface area contributed by atoms with Crippen LogP contribution >= 0.6 is 0 Å². The lowest BCUT2D eigenvalue weighted by Gasteiger charge is -2.30. The summed E-state index contributed by atoms with van der Waals surface area (Å²) >= 11 is 0. The Hall–Kier alpha value is -1.15. The fourth-order valence-electron chi connectivity index (χ4n) is 3.46. The molecule has 0 spiro atoms. The Morgan fingerprint density at radius 1 is 1.17 bits per heavy atom. The summed E-state index contributed by atoms with van der Waals surface area (Å²) in [4.78, 5) is 11.9. The highest BCUT2D eigenvalue weighted by atomic mass is 16.1. The lowest BCUT2D eigenvalue weighted by molar-refractivity contribution is -0.124. The molecular formula is C16H21NO. The number of fused-ring (bicyclic) bond motifs is 1. The molecule has 2 nitrogen and oxygen atoms in total. The first-order valence-electron chi connectivity index (χ1n) is 7.16. The molecular weight excluding hydrogens is 222 g/mol. The minimum Gasteiger partial charge on any atom is -0.316 e. The number of nitrogens with one attached hydrogen (secondary N) is 1. The number of piperidine rings is 1. The van der Waals surface area contributed by atoms with Gasteiger partial charge in [-0.25, -0.2) is 0 Å². The van der Waals surface area contributed by atoms with Crippen molar-refractivity contribution in [3.8, 4) is 0 Å². The van der Waals surface area contributed by atoms with Gasteiger partial charge in [0.05, 0.1) is 0 Å². The van der Waals surface area contributed by atoms with E-state index in [1.54, 1.807) is 0 Å². The third-order valence-electron chi connectivity index (χ3n) is 4.46. The second-order valence-electron chi connectivity index (χ2n) is 5.64. The highest BCUT2D eigenvalue weighted by Gasteiger charge is 2.28. The Balaban J connectivity index is 1.75. The maximum absolute atomic E-state index is 11.9. The summed E-state index contributed by atoms with van der Waals surface area (Å²) in [5.41, 5.74) is 3.01. The van der Waals surface area contributed by atoms with Crippen LogP contribution in [0, 0.1) is 5.92 Å². The van der Waals surface area contributed by atoms with Crippen LogP contribution in [0.5, 0.6) is 0 Å². The largest absolute Gasteiger partial charge is 0.316 e. The fourth-order valence-corrected chi connectivity index (χ4v) is 3.46. The van der Waals surface area contributed by atoms with Crippen molar-refractivity contribution in [1.82, 2.24) is 5.32 Å². The summed E-state index contributed by atoms with van der Waals surface area (Å²) in [6, 6.07) is 8.79. The molecule has 0 bridgehead atoms. The maximum atomic E-state index is 11.9. The number of rotatable bonds is 2. The van der Waals surface area contributed by atoms with Crippen LogP contribution in [0.2, 0.25) is 0 Å². The molecule has 2 aliphatic rings. The van der Waals surface area contributed by atoms with Crippen molar-refractivity contribution in [2.75, 3.05) is 13.1 Å². The SMILES string of the molecule is O=C1CCNCC1CC1CCCc2ccccc21. The van der Waals surface area contributed by atoms with Gasteiger partial charge < -0.3 is 5.32 Å². The molecule has 1 aromatic carbocycles. The molecule has 0 aromatic heterocycles. The Bertz CT molecular complexity index is 440. The highest BCUT2D eigenvalue weighted by Crippen LogP contribution is 2.36. The quantitative estimate of drug-likeness (QED) is 0.865. The van der Waals surface area contributed by atoms with Crippen molar-refractivity contribution in [3.63, 3.8) is 0 Å². The van der Waals surface area contributed by atoms with E-state index in [0.717, 1.165) is 25.9 Å². The van der Waals surface area contributed by atoms with Crippen molar-refractivity contribution >= 4 is 5.78 Å². The summed E-state index contributed by atoms with van der Waals surface area (Å²) in [7, 11) is 0. The van der Waals surface area contributed by atoms with E-state index >= 15 is 0 Å². The zero-order chi connectivity index (χ0) is 12.4. The lowest BCUT2D eigenvalue weighted by atomic mass is 9.76. The molecule has 1 N–H and O–H groups in total. The molecule has 3 rings (SSSR count). The minimum atomic E-state index is 0.245. The normalized spacial score (nSPS) is 27.9. The van der Waals surface area contributed by atoms with Gasteiger partial charge in [0, 0.05) is 25.4 Å². The molecule has 18 heavy (non-hydrogen) atoms. The van der Waals surface area contributed by atoms with Crippen LogP contribution in [0.4, 0.5) is 0 Å². The Morgan fingerprint density at radius 2 is 2.06 bits per heavy atom.